The van der Waals surface area contributed by atoms with Gasteiger partial charge in [-0.1, -0.05) is 0 Å². The molecule has 0 saturated carbocycles. The fourth-order valence-electron chi connectivity index (χ4n) is 1.49. The summed E-state index contributed by atoms with van der Waals surface area (Å²) < 4.78 is 5.02. The van der Waals surface area contributed by atoms with Crippen molar-refractivity contribution in [3.05, 3.63) is 0 Å². The predicted molar refractivity (Wildman–Crippen MR) is 48.3 cm³/mol. The molecule has 0 bridgehead atoms. The molecule has 1 saturated heterocycles. The minimum Gasteiger partial charge on any atom is -0.396 e. The zero-order chi connectivity index (χ0) is 9.68. The number of nitrogens with zero attached hydrogens (tertiary/aromatic N) is 1. The van der Waals surface area contributed by atoms with Crippen LogP contribution in [0.25, 0.3) is 0 Å². The third-order valence-corrected chi connectivity index (χ3v) is 2.33. The van der Waals surface area contributed by atoms with E-state index in [9.17, 15) is 4.79 Å². The van der Waals surface area contributed by atoms with Gasteiger partial charge in [0.05, 0.1) is 0 Å². The zero-order valence-corrected chi connectivity index (χ0v) is 8.03. The molecule has 4 heteroatoms. The molecule has 1 aliphatic rings. The average molecular weight is 187 g/mol. The van der Waals surface area contributed by atoms with Crippen molar-refractivity contribution in [2.45, 2.75) is 13.3 Å². The highest BCUT2D eigenvalue weighted by Crippen LogP contribution is 2.15. The standard InChI is InChI=1S/C9H17NO3/c1-2-13-7-9(12)10-4-3-8(5-10)6-11/h8,11H,2-7H2,1H3/t8-/m1/s1. The molecule has 13 heavy (non-hydrogen) atoms. The van der Waals surface area contributed by atoms with Crippen LogP contribution in [0.1, 0.15) is 13.3 Å². The average Bonchev–Trinajstić information content (AvgIpc) is 2.62. The zero-order valence-electron chi connectivity index (χ0n) is 8.03. The van der Waals surface area contributed by atoms with Crippen LogP contribution in [0.3, 0.4) is 0 Å². The molecule has 0 spiro atoms. The molecule has 0 aromatic heterocycles. The van der Waals surface area contributed by atoms with Gasteiger partial charge in [-0.2, -0.15) is 0 Å². The second-order valence-electron chi connectivity index (χ2n) is 3.31. The number of hydrogen-bond donors (Lipinski definition) is 1. The van der Waals surface area contributed by atoms with Crippen LogP contribution < -0.4 is 0 Å². The van der Waals surface area contributed by atoms with Gasteiger partial charge in [-0.3, -0.25) is 4.79 Å². The Morgan fingerprint density at radius 1 is 1.69 bits per heavy atom. The van der Waals surface area contributed by atoms with Crippen LogP contribution in [0.2, 0.25) is 0 Å². The number of carbonyl (C=O) groups excluding carboxylic acids is 1. The maximum Gasteiger partial charge on any atom is 0.248 e. The maximum absolute atomic E-state index is 11.4. The Kier molecular flexibility index (Phi) is 4.18. The molecular weight excluding hydrogens is 170 g/mol. The van der Waals surface area contributed by atoms with Crippen LogP contribution in [-0.2, 0) is 9.53 Å². The molecule has 1 atom stereocenters. The van der Waals surface area contributed by atoms with E-state index in [0.29, 0.717) is 13.2 Å². The third kappa shape index (κ3) is 2.97. The molecule has 1 heterocycles. The summed E-state index contributed by atoms with van der Waals surface area (Å²) in [6, 6.07) is 0. The summed E-state index contributed by atoms with van der Waals surface area (Å²) in [6.45, 7) is 4.24. The van der Waals surface area contributed by atoms with Crippen LogP contribution >= 0.6 is 0 Å². The van der Waals surface area contributed by atoms with Gasteiger partial charge < -0.3 is 14.7 Å². The molecule has 1 N–H and O–H groups in total. The first-order chi connectivity index (χ1) is 6.27. The molecule has 1 aliphatic heterocycles. The predicted octanol–water partition coefficient (Wildman–Crippen LogP) is -0.136. The van der Waals surface area contributed by atoms with E-state index in [1.165, 1.54) is 0 Å². The number of likely N-dealkylation sites (tertiary alicyclic amines) is 1. The van der Waals surface area contributed by atoms with Crippen molar-refractivity contribution in [1.82, 2.24) is 4.90 Å². The summed E-state index contributed by atoms with van der Waals surface area (Å²) in [7, 11) is 0. The lowest BCUT2D eigenvalue weighted by Crippen LogP contribution is -2.32. The number of amides is 1. The van der Waals surface area contributed by atoms with Gasteiger partial charge in [0.15, 0.2) is 0 Å². The van der Waals surface area contributed by atoms with Gasteiger partial charge in [-0.25, -0.2) is 0 Å². The van der Waals surface area contributed by atoms with Gasteiger partial charge in [0.2, 0.25) is 5.91 Å². The highest BCUT2D eigenvalue weighted by atomic mass is 16.5. The van der Waals surface area contributed by atoms with Gasteiger partial charge in [0, 0.05) is 32.2 Å². The molecule has 0 aromatic carbocycles. The number of aliphatic hydroxyl groups excluding tert-OH is 1. The molecule has 0 unspecified atom stereocenters. The van der Waals surface area contributed by atoms with Gasteiger partial charge in [-0.15, -0.1) is 0 Å². The Hall–Kier alpha value is -0.610. The van der Waals surface area contributed by atoms with Gasteiger partial charge in [0.25, 0.3) is 0 Å². The van der Waals surface area contributed by atoms with E-state index in [1.54, 1.807) is 4.90 Å². The Labute approximate surface area is 78.5 Å². The number of hydrogen-bond acceptors (Lipinski definition) is 3. The summed E-state index contributed by atoms with van der Waals surface area (Å²) in [4.78, 5) is 13.1. The van der Waals surface area contributed by atoms with Crippen molar-refractivity contribution in [2.24, 2.45) is 5.92 Å². The highest BCUT2D eigenvalue weighted by Gasteiger charge is 2.25. The quantitative estimate of drug-likeness (QED) is 0.666. The molecule has 0 aromatic rings. The van der Waals surface area contributed by atoms with E-state index < -0.39 is 0 Å². The highest BCUT2D eigenvalue weighted by molar-refractivity contribution is 5.77. The van der Waals surface area contributed by atoms with Crippen molar-refractivity contribution in [3.63, 3.8) is 0 Å². The van der Waals surface area contributed by atoms with Crippen LogP contribution in [0.5, 0.6) is 0 Å². The fourth-order valence-corrected chi connectivity index (χ4v) is 1.49. The fraction of sp³-hybridized carbons (Fsp3) is 0.889. The summed E-state index contributed by atoms with van der Waals surface area (Å²) >= 11 is 0. The maximum atomic E-state index is 11.4. The molecule has 76 valence electrons. The van der Waals surface area contributed by atoms with E-state index in [-0.39, 0.29) is 25.0 Å². The first kappa shape index (κ1) is 10.5. The molecular formula is C9H17NO3. The van der Waals surface area contributed by atoms with E-state index >= 15 is 0 Å². The van der Waals surface area contributed by atoms with Gasteiger partial charge in [-0.05, 0) is 13.3 Å². The Bertz CT molecular complexity index is 172. The van der Waals surface area contributed by atoms with Crippen molar-refractivity contribution in [3.8, 4) is 0 Å². The van der Waals surface area contributed by atoms with E-state index in [2.05, 4.69) is 0 Å². The molecule has 0 aliphatic carbocycles. The molecule has 1 rings (SSSR count). The Morgan fingerprint density at radius 2 is 2.46 bits per heavy atom. The van der Waals surface area contributed by atoms with E-state index in [0.717, 1.165) is 13.0 Å². The SMILES string of the molecule is CCOCC(=O)N1CC[C@@H](CO)C1. The molecule has 1 fully saturated rings. The Balaban J connectivity index is 2.25. The Morgan fingerprint density at radius 3 is 3.00 bits per heavy atom. The normalized spacial score (nSPS) is 22.3. The summed E-state index contributed by atoms with van der Waals surface area (Å²) in [5, 5.41) is 8.87. The van der Waals surface area contributed by atoms with Gasteiger partial charge in [0.1, 0.15) is 6.61 Å². The van der Waals surface area contributed by atoms with Crippen molar-refractivity contribution in [1.29, 1.82) is 0 Å². The van der Waals surface area contributed by atoms with E-state index in [1.807, 2.05) is 6.92 Å². The number of carbonyl (C=O) groups is 1. The first-order valence-corrected chi connectivity index (χ1v) is 4.74. The molecule has 0 radical (unpaired) electrons. The number of ether oxygens (including phenoxy) is 1. The van der Waals surface area contributed by atoms with Crippen molar-refractivity contribution < 1.29 is 14.6 Å². The van der Waals surface area contributed by atoms with Gasteiger partial charge >= 0.3 is 0 Å². The lowest BCUT2D eigenvalue weighted by Gasteiger charge is -2.15. The van der Waals surface area contributed by atoms with Crippen LogP contribution in [0.4, 0.5) is 0 Å². The smallest absolute Gasteiger partial charge is 0.248 e. The number of aliphatic hydroxyl groups is 1. The van der Waals surface area contributed by atoms with Crippen LogP contribution in [-0.4, -0.2) is 48.8 Å². The molecule has 4 nitrogen and oxygen atoms in total. The van der Waals surface area contributed by atoms with Crippen molar-refractivity contribution in [2.75, 3.05) is 32.9 Å². The van der Waals surface area contributed by atoms with E-state index in [4.69, 9.17) is 9.84 Å². The minimum atomic E-state index is 0.0396. The van der Waals surface area contributed by atoms with Crippen molar-refractivity contribution >= 4 is 5.91 Å². The number of rotatable bonds is 4. The lowest BCUT2D eigenvalue weighted by atomic mass is 10.1. The largest absolute Gasteiger partial charge is 0.396 e. The minimum absolute atomic E-state index is 0.0396. The third-order valence-electron chi connectivity index (χ3n) is 2.33. The first-order valence-electron chi connectivity index (χ1n) is 4.74. The van der Waals surface area contributed by atoms with Crippen LogP contribution in [0.15, 0.2) is 0 Å². The second-order valence-corrected chi connectivity index (χ2v) is 3.31. The van der Waals surface area contributed by atoms with Crippen LogP contribution in [0, 0.1) is 5.92 Å². The second kappa shape index (κ2) is 5.19. The molecule has 1 amide bonds. The summed E-state index contributed by atoms with van der Waals surface area (Å²) in [5.74, 6) is 0.309. The monoisotopic (exact) mass is 187 g/mol. The summed E-state index contributed by atoms with van der Waals surface area (Å²) in [5.41, 5.74) is 0. The lowest BCUT2D eigenvalue weighted by molar-refractivity contribution is -0.135. The summed E-state index contributed by atoms with van der Waals surface area (Å²) in [6.07, 6.45) is 0.911. The topological polar surface area (TPSA) is 49.8 Å².